The van der Waals surface area contributed by atoms with E-state index in [9.17, 15) is 26.4 Å². The molecule has 1 heterocycles. The van der Waals surface area contributed by atoms with Crippen LogP contribution in [0.4, 0.5) is 13.2 Å². The van der Waals surface area contributed by atoms with Gasteiger partial charge in [-0.3, -0.25) is 4.79 Å². The van der Waals surface area contributed by atoms with Gasteiger partial charge in [-0.2, -0.15) is 13.2 Å². The first kappa shape index (κ1) is 23.3. The van der Waals surface area contributed by atoms with Crippen LogP contribution in [0.1, 0.15) is 28.8 Å². The monoisotopic (exact) mass is 454 g/mol. The average molecular weight is 455 g/mol. The van der Waals surface area contributed by atoms with Gasteiger partial charge in [-0.1, -0.05) is 30.3 Å². The van der Waals surface area contributed by atoms with Gasteiger partial charge in [0.15, 0.2) is 0 Å². The third-order valence-corrected chi connectivity index (χ3v) is 6.88. The SMILES string of the molecule is O=C(c1ccc(S(=O)(=O)C(F)(F)F)cc1)N1CCCN(CCCc2ccccc2)CC1. The second kappa shape index (κ2) is 9.82. The number of hydrogen-bond acceptors (Lipinski definition) is 4. The Morgan fingerprint density at radius 3 is 2.23 bits per heavy atom. The van der Waals surface area contributed by atoms with Crippen LogP contribution in [-0.2, 0) is 16.3 Å². The Kier molecular flexibility index (Phi) is 7.38. The number of aryl methyl sites for hydroxylation is 1. The van der Waals surface area contributed by atoms with Crippen LogP contribution in [0.3, 0.4) is 0 Å². The maximum Gasteiger partial charge on any atom is 0.501 e. The largest absolute Gasteiger partial charge is 0.501 e. The molecule has 3 rings (SSSR count). The normalized spacial score (nSPS) is 16.2. The van der Waals surface area contributed by atoms with Gasteiger partial charge in [-0.25, -0.2) is 8.42 Å². The molecule has 1 amide bonds. The number of sulfone groups is 1. The zero-order chi connectivity index (χ0) is 22.5. The number of alkyl halides is 3. The standard InChI is InChI=1S/C22H25F3N2O3S/c23-22(24,25)31(29,30)20-11-9-19(10-12-20)21(28)27-15-5-14-26(16-17-27)13-4-8-18-6-2-1-3-7-18/h1-3,6-7,9-12H,4-5,8,13-17H2. The second-order valence-electron chi connectivity index (χ2n) is 7.55. The molecule has 0 atom stereocenters. The number of rotatable bonds is 6. The number of hydrogen-bond donors (Lipinski definition) is 0. The first-order valence-electron chi connectivity index (χ1n) is 10.2. The molecule has 168 valence electrons. The first-order valence-corrected chi connectivity index (χ1v) is 11.6. The Hall–Kier alpha value is -2.39. The summed E-state index contributed by atoms with van der Waals surface area (Å²) in [5, 5.41) is 0. The highest BCUT2D eigenvalue weighted by Crippen LogP contribution is 2.30. The molecule has 2 aromatic carbocycles. The summed E-state index contributed by atoms with van der Waals surface area (Å²) in [6.45, 7) is 3.60. The predicted octanol–water partition coefficient (Wildman–Crippen LogP) is 3.76. The zero-order valence-corrected chi connectivity index (χ0v) is 17.8. The maximum absolute atomic E-state index is 12.8. The minimum Gasteiger partial charge on any atom is -0.337 e. The predicted molar refractivity (Wildman–Crippen MR) is 111 cm³/mol. The Labute approximate surface area is 180 Å². The smallest absolute Gasteiger partial charge is 0.337 e. The van der Waals surface area contributed by atoms with Crippen molar-refractivity contribution >= 4 is 15.7 Å². The molecule has 1 fully saturated rings. The fourth-order valence-corrected chi connectivity index (χ4v) is 4.40. The molecule has 1 aliphatic rings. The number of nitrogens with zero attached hydrogens (tertiary/aromatic N) is 2. The molecule has 0 saturated carbocycles. The molecule has 0 aromatic heterocycles. The lowest BCUT2D eigenvalue weighted by Gasteiger charge is -2.22. The highest BCUT2D eigenvalue weighted by atomic mass is 32.2. The molecule has 2 aromatic rings. The van der Waals surface area contributed by atoms with Crippen molar-refractivity contribution in [1.29, 1.82) is 0 Å². The van der Waals surface area contributed by atoms with E-state index in [0.717, 1.165) is 63.2 Å². The molecular formula is C22H25F3N2O3S. The molecule has 1 aliphatic heterocycles. The van der Waals surface area contributed by atoms with Crippen LogP contribution in [0, 0.1) is 0 Å². The lowest BCUT2D eigenvalue weighted by Crippen LogP contribution is -2.35. The van der Waals surface area contributed by atoms with Crippen LogP contribution in [0.5, 0.6) is 0 Å². The third-order valence-electron chi connectivity index (χ3n) is 5.37. The van der Waals surface area contributed by atoms with Gasteiger partial charge in [0.05, 0.1) is 4.90 Å². The van der Waals surface area contributed by atoms with Crippen molar-refractivity contribution < 1.29 is 26.4 Å². The van der Waals surface area contributed by atoms with Crippen LogP contribution >= 0.6 is 0 Å². The Morgan fingerprint density at radius 1 is 0.903 bits per heavy atom. The highest BCUT2D eigenvalue weighted by Gasteiger charge is 2.46. The zero-order valence-electron chi connectivity index (χ0n) is 17.0. The van der Waals surface area contributed by atoms with Crippen molar-refractivity contribution in [3.8, 4) is 0 Å². The van der Waals surface area contributed by atoms with E-state index in [2.05, 4.69) is 17.0 Å². The van der Waals surface area contributed by atoms with Gasteiger partial charge in [0, 0.05) is 25.2 Å². The molecule has 0 N–H and O–H groups in total. The van der Waals surface area contributed by atoms with Crippen LogP contribution in [0.15, 0.2) is 59.5 Å². The minimum atomic E-state index is -5.42. The number of halogens is 3. The Morgan fingerprint density at radius 2 is 1.58 bits per heavy atom. The van der Waals surface area contributed by atoms with Crippen molar-refractivity contribution in [2.24, 2.45) is 0 Å². The molecule has 31 heavy (non-hydrogen) atoms. The van der Waals surface area contributed by atoms with E-state index in [1.54, 1.807) is 4.90 Å². The van der Waals surface area contributed by atoms with Gasteiger partial charge in [-0.05, 0) is 62.2 Å². The maximum atomic E-state index is 12.8. The van der Waals surface area contributed by atoms with Crippen LogP contribution in [0.2, 0.25) is 0 Å². The van der Waals surface area contributed by atoms with Crippen LogP contribution < -0.4 is 0 Å². The van der Waals surface area contributed by atoms with Crippen LogP contribution in [0.25, 0.3) is 0 Å². The van der Waals surface area contributed by atoms with Gasteiger partial charge in [0.2, 0.25) is 0 Å². The second-order valence-corrected chi connectivity index (χ2v) is 9.49. The molecule has 0 spiro atoms. The Balaban J connectivity index is 1.54. The Bertz CT molecular complexity index is 977. The molecule has 9 heteroatoms. The summed E-state index contributed by atoms with van der Waals surface area (Å²) in [4.78, 5) is 15.9. The van der Waals surface area contributed by atoms with Gasteiger partial charge in [0.1, 0.15) is 0 Å². The fourth-order valence-electron chi connectivity index (χ4n) is 3.64. The topological polar surface area (TPSA) is 57.7 Å². The summed E-state index contributed by atoms with van der Waals surface area (Å²) in [6, 6.07) is 14.2. The van der Waals surface area contributed by atoms with E-state index in [1.165, 1.54) is 5.56 Å². The lowest BCUT2D eigenvalue weighted by molar-refractivity contribution is -0.0436. The molecule has 0 bridgehead atoms. The van der Waals surface area contributed by atoms with Gasteiger partial charge < -0.3 is 9.80 Å². The van der Waals surface area contributed by atoms with Crippen molar-refractivity contribution in [3.05, 3.63) is 65.7 Å². The average Bonchev–Trinajstić information content (AvgIpc) is 2.99. The summed E-state index contributed by atoms with van der Waals surface area (Å²) in [5.74, 6) is -0.304. The molecule has 0 aliphatic carbocycles. The van der Waals surface area contributed by atoms with Crippen molar-refractivity contribution in [2.45, 2.75) is 29.7 Å². The quantitative estimate of drug-likeness (QED) is 0.667. The summed E-state index contributed by atoms with van der Waals surface area (Å²) in [5.41, 5.74) is -3.89. The first-order chi connectivity index (χ1) is 14.7. The molecule has 0 unspecified atom stereocenters. The minimum absolute atomic E-state index is 0.179. The van der Waals surface area contributed by atoms with Gasteiger partial charge >= 0.3 is 5.51 Å². The van der Waals surface area contributed by atoms with E-state index < -0.39 is 20.2 Å². The van der Waals surface area contributed by atoms with Crippen molar-refractivity contribution in [1.82, 2.24) is 9.80 Å². The number of carbonyl (C=O) groups excluding carboxylic acids is 1. The van der Waals surface area contributed by atoms with Crippen LogP contribution in [-0.4, -0.2) is 62.4 Å². The van der Waals surface area contributed by atoms with Gasteiger partial charge in [0.25, 0.3) is 15.7 Å². The van der Waals surface area contributed by atoms with Crippen molar-refractivity contribution in [3.63, 3.8) is 0 Å². The van der Waals surface area contributed by atoms with E-state index in [1.807, 2.05) is 18.2 Å². The molecule has 1 saturated heterocycles. The number of amides is 1. The lowest BCUT2D eigenvalue weighted by atomic mass is 10.1. The number of carbonyl (C=O) groups is 1. The molecule has 5 nitrogen and oxygen atoms in total. The third kappa shape index (κ3) is 5.86. The van der Waals surface area contributed by atoms with Gasteiger partial charge in [-0.15, -0.1) is 0 Å². The van der Waals surface area contributed by atoms with E-state index in [0.29, 0.717) is 13.1 Å². The van der Waals surface area contributed by atoms with E-state index >= 15 is 0 Å². The summed E-state index contributed by atoms with van der Waals surface area (Å²) in [7, 11) is -5.42. The highest BCUT2D eigenvalue weighted by molar-refractivity contribution is 7.92. The number of benzene rings is 2. The summed E-state index contributed by atoms with van der Waals surface area (Å²) >= 11 is 0. The van der Waals surface area contributed by atoms with E-state index in [4.69, 9.17) is 0 Å². The molecular weight excluding hydrogens is 429 g/mol. The van der Waals surface area contributed by atoms with Crippen molar-refractivity contribution in [2.75, 3.05) is 32.7 Å². The fraction of sp³-hybridized carbons (Fsp3) is 0.409. The summed E-state index contributed by atoms with van der Waals surface area (Å²) < 4.78 is 60.9. The summed E-state index contributed by atoms with van der Waals surface area (Å²) in [6.07, 6.45) is 2.82. The molecule has 0 radical (unpaired) electrons. The van der Waals surface area contributed by atoms with E-state index in [-0.39, 0.29) is 11.5 Å².